The Balaban J connectivity index is 1.75. The van der Waals surface area contributed by atoms with Crippen LogP contribution in [0.25, 0.3) is 5.57 Å². The van der Waals surface area contributed by atoms with Gasteiger partial charge in [-0.2, -0.15) is 0 Å². The number of carbonyl (C=O) groups excluding carboxylic acids is 2. The molecule has 5 nitrogen and oxygen atoms in total. The fourth-order valence-electron chi connectivity index (χ4n) is 3.60. The summed E-state index contributed by atoms with van der Waals surface area (Å²) >= 11 is 7.31. The molecular weight excluding hydrogens is 401 g/mol. The Morgan fingerprint density at radius 3 is 2.46 bits per heavy atom. The Hall–Kier alpha value is -2.22. The zero-order valence-corrected chi connectivity index (χ0v) is 16.9. The minimum Gasteiger partial charge on any atom is -0.364 e. The fourth-order valence-corrected chi connectivity index (χ4v) is 4.54. The predicted molar refractivity (Wildman–Crippen MR) is 109 cm³/mol. The second-order valence-electron chi connectivity index (χ2n) is 6.67. The first kappa shape index (κ1) is 19.1. The third-order valence-corrected chi connectivity index (χ3v) is 6.30. The van der Waals surface area contributed by atoms with Gasteiger partial charge in [0, 0.05) is 31.1 Å². The van der Waals surface area contributed by atoms with Crippen molar-refractivity contribution < 1.29 is 14.0 Å². The normalized spacial score (nSPS) is 18.5. The van der Waals surface area contributed by atoms with E-state index in [1.165, 1.54) is 29.5 Å². The molecule has 2 amide bonds. The molecule has 0 atom stereocenters. The van der Waals surface area contributed by atoms with Crippen LogP contribution in [0.1, 0.15) is 11.8 Å². The fraction of sp³-hybridized carbons (Fsp3) is 0.300. The Kier molecular flexibility index (Phi) is 5.23. The Bertz CT molecular complexity index is 952. The summed E-state index contributed by atoms with van der Waals surface area (Å²) in [5.41, 5.74) is 1.10. The molecule has 8 heteroatoms. The van der Waals surface area contributed by atoms with Crippen LogP contribution in [0, 0.1) is 5.82 Å². The molecule has 0 spiro atoms. The lowest BCUT2D eigenvalue weighted by Gasteiger charge is -2.35. The number of likely N-dealkylation sites (N-methyl/N-ethyl adjacent to an activating group) is 1. The lowest BCUT2D eigenvalue weighted by atomic mass is 10.1. The van der Waals surface area contributed by atoms with E-state index in [1.54, 1.807) is 0 Å². The Morgan fingerprint density at radius 2 is 1.86 bits per heavy atom. The van der Waals surface area contributed by atoms with E-state index in [1.807, 2.05) is 22.4 Å². The molecule has 0 radical (unpaired) electrons. The van der Waals surface area contributed by atoms with Crippen LogP contribution in [0.3, 0.4) is 0 Å². The summed E-state index contributed by atoms with van der Waals surface area (Å²) < 4.78 is 13.6. The smallest absolute Gasteiger partial charge is 0.282 e. The van der Waals surface area contributed by atoms with Gasteiger partial charge < -0.3 is 9.80 Å². The maximum absolute atomic E-state index is 13.6. The number of hydrogen-bond acceptors (Lipinski definition) is 5. The monoisotopic (exact) mass is 419 g/mol. The number of imide groups is 1. The Morgan fingerprint density at radius 1 is 1.11 bits per heavy atom. The molecule has 0 aliphatic carbocycles. The molecular formula is C20H19ClFN3O2S. The lowest BCUT2D eigenvalue weighted by molar-refractivity contribution is -0.120. The van der Waals surface area contributed by atoms with Crippen LogP contribution in [0.15, 0.2) is 41.4 Å². The molecule has 1 aromatic carbocycles. The van der Waals surface area contributed by atoms with Crippen LogP contribution in [0.2, 0.25) is 5.02 Å². The molecule has 28 heavy (non-hydrogen) atoms. The summed E-state index contributed by atoms with van der Waals surface area (Å²) in [5, 5.41) is 1.75. The highest BCUT2D eigenvalue weighted by molar-refractivity contribution is 7.11. The quantitative estimate of drug-likeness (QED) is 0.712. The number of halogens is 2. The highest BCUT2D eigenvalue weighted by Crippen LogP contribution is 2.37. The van der Waals surface area contributed by atoms with E-state index in [2.05, 4.69) is 11.8 Å². The van der Waals surface area contributed by atoms with Gasteiger partial charge in [-0.05, 0) is 36.2 Å². The zero-order valence-electron chi connectivity index (χ0n) is 15.3. The van der Waals surface area contributed by atoms with Crippen molar-refractivity contribution in [3.05, 3.63) is 57.1 Å². The summed E-state index contributed by atoms with van der Waals surface area (Å²) in [6.07, 6.45) is 0. The second kappa shape index (κ2) is 7.66. The van der Waals surface area contributed by atoms with Gasteiger partial charge in [0.25, 0.3) is 11.8 Å². The van der Waals surface area contributed by atoms with E-state index in [4.69, 9.17) is 11.6 Å². The summed E-state index contributed by atoms with van der Waals surface area (Å²) in [4.78, 5) is 32.7. The summed E-state index contributed by atoms with van der Waals surface area (Å²) in [6, 6.07) is 7.59. The number of carbonyl (C=O) groups is 2. The van der Waals surface area contributed by atoms with E-state index in [9.17, 15) is 14.0 Å². The minimum atomic E-state index is -0.591. The van der Waals surface area contributed by atoms with Crippen molar-refractivity contribution >= 4 is 46.0 Å². The van der Waals surface area contributed by atoms with E-state index < -0.39 is 11.7 Å². The first-order valence-corrected chi connectivity index (χ1v) is 10.4. The second-order valence-corrected chi connectivity index (χ2v) is 8.02. The molecule has 146 valence electrons. The van der Waals surface area contributed by atoms with Crippen molar-refractivity contribution in [2.75, 3.05) is 37.6 Å². The van der Waals surface area contributed by atoms with E-state index in [0.29, 0.717) is 24.4 Å². The highest BCUT2D eigenvalue weighted by atomic mass is 35.5. The molecule has 2 aliphatic heterocycles. The molecule has 1 saturated heterocycles. The van der Waals surface area contributed by atoms with Crippen LogP contribution in [0.4, 0.5) is 10.1 Å². The minimum absolute atomic E-state index is 0.124. The van der Waals surface area contributed by atoms with Gasteiger partial charge in [-0.15, -0.1) is 11.3 Å². The number of benzene rings is 1. The molecule has 1 aromatic heterocycles. The standard InChI is InChI=1S/C20H19ClFN3O2S/c1-2-23-7-9-24(10-8-23)18-17(16-4-3-11-28-16)19(26)25(20(18)27)13-5-6-15(22)14(21)12-13/h3-6,11-12H,2,7-10H2,1H3. The molecule has 1 fully saturated rings. The number of nitrogens with zero attached hydrogens (tertiary/aromatic N) is 3. The van der Waals surface area contributed by atoms with Crippen molar-refractivity contribution in [3.63, 3.8) is 0 Å². The average Bonchev–Trinajstić information content (AvgIpc) is 3.30. The van der Waals surface area contributed by atoms with E-state index in [0.717, 1.165) is 29.4 Å². The number of rotatable bonds is 4. The highest BCUT2D eigenvalue weighted by Gasteiger charge is 2.43. The summed E-state index contributed by atoms with van der Waals surface area (Å²) in [6.45, 7) is 6.08. The topological polar surface area (TPSA) is 43.9 Å². The van der Waals surface area contributed by atoms with Gasteiger partial charge in [0.2, 0.25) is 0 Å². The summed E-state index contributed by atoms with van der Waals surface area (Å²) in [7, 11) is 0. The van der Waals surface area contributed by atoms with Crippen molar-refractivity contribution in [1.82, 2.24) is 9.80 Å². The zero-order chi connectivity index (χ0) is 19.8. The molecule has 0 unspecified atom stereocenters. The molecule has 0 saturated carbocycles. The number of amides is 2. The summed E-state index contributed by atoms with van der Waals surface area (Å²) in [5.74, 6) is -1.38. The largest absolute Gasteiger partial charge is 0.364 e. The van der Waals surface area contributed by atoms with Gasteiger partial charge in [0.15, 0.2) is 0 Å². The van der Waals surface area contributed by atoms with Crippen LogP contribution in [-0.2, 0) is 9.59 Å². The van der Waals surface area contributed by atoms with Crippen molar-refractivity contribution in [1.29, 1.82) is 0 Å². The third-order valence-electron chi connectivity index (χ3n) is 5.12. The van der Waals surface area contributed by atoms with Crippen LogP contribution in [-0.4, -0.2) is 54.3 Å². The van der Waals surface area contributed by atoms with Crippen LogP contribution < -0.4 is 4.90 Å². The van der Waals surface area contributed by atoms with Gasteiger partial charge in [-0.25, -0.2) is 9.29 Å². The van der Waals surface area contributed by atoms with Crippen molar-refractivity contribution in [3.8, 4) is 0 Å². The van der Waals surface area contributed by atoms with Crippen LogP contribution >= 0.6 is 22.9 Å². The number of thiophene rings is 1. The molecule has 0 N–H and O–H groups in total. The van der Waals surface area contributed by atoms with E-state index in [-0.39, 0.29) is 16.6 Å². The average molecular weight is 420 g/mol. The molecule has 4 rings (SSSR count). The van der Waals surface area contributed by atoms with Crippen molar-refractivity contribution in [2.45, 2.75) is 6.92 Å². The first-order valence-electron chi connectivity index (χ1n) is 9.10. The van der Waals surface area contributed by atoms with Crippen molar-refractivity contribution in [2.24, 2.45) is 0 Å². The van der Waals surface area contributed by atoms with E-state index >= 15 is 0 Å². The predicted octanol–water partition coefficient (Wildman–Crippen LogP) is 3.46. The number of anilines is 1. The van der Waals surface area contributed by atoms with Gasteiger partial charge in [0.1, 0.15) is 11.5 Å². The molecule has 2 aliphatic rings. The maximum Gasteiger partial charge on any atom is 0.282 e. The molecule has 2 aromatic rings. The van der Waals surface area contributed by atoms with Gasteiger partial charge in [0.05, 0.1) is 16.3 Å². The first-order chi connectivity index (χ1) is 13.5. The van der Waals surface area contributed by atoms with Gasteiger partial charge in [-0.3, -0.25) is 9.59 Å². The number of hydrogen-bond donors (Lipinski definition) is 0. The van der Waals surface area contributed by atoms with Crippen LogP contribution in [0.5, 0.6) is 0 Å². The Labute approximate surface area is 171 Å². The lowest BCUT2D eigenvalue weighted by Crippen LogP contribution is -2.47. The third kappa shape index (κ3) is 3.23. The molecule has 3 heterocycles. The van der Waals surface area contributed by atoms with Gasteiger partial charge in [-0.1, -0.05) is 24.6 Å². The SMILES string of the molecule is CCN1CCN(C2=C(c3cccs3)C(=O)N(c3ccc(F)c(Cl)c3)C2=O)CC1. The molecule has 0 bridgehead atoms. The van der Waals surface area contributed by atoms with Gasteiger partial charge >= 0.3 is 0 Å². The number of piperazine rings is 1. The maximum atomic E-state index is 13.6.